The van der Waals surface area contributed by atoms with Gasteiger partial charge in [0.1, 0.15) is 5.75 Å². The molecule has 0 radical (unpaired) electrons. The lowest BCUT2D eigenvalue weighted by molar-refractivity contribution is -0.119. The van der Waals surface area contributed by atoms with E-state index < -0.39 is 0 Å². The van der Waals surface area contributed by atoms with Gasteiger partial charge in [-0.05, 0) is 30.0 Å². The fraction of sp³-hybridized carbons (Fsp3) is 0.462. The highest BCUT2D eigenvalue weighted by Gasteiger charge is 2.06. The van der Waals surface area contributed by atoms with E-state index in [9.17, 15) is 4.79 Å². The molecule has 4 nitrogen and oxygen atoms in total. The number of nitrogens with two attached hydrogens (primary N) is 1. The molecule has 3 N–H and O–H groups in total. The quantitative estimate of drug-likeness (QED) is 0.781. The normalized spacial score (nSPS) is 11.9. The summed E-state index contributed by atoms with van der Waals surface area (Å²) in [5.41, 5.74) is 6.45. The van der Waals surface area contributed by atoms with E-state index in [0.29, 0.717) is 12.5 Å². The number of hydrogen-bond donors (Lipinski definition) is 2. The van der Waals surface area contributed by atoms with Crippen molar-refractivity contribution in [2.45, 2.75) is 19.3 Å². The number of hydrogen-bond acceptors (Lipinski definition) is 3. The summed E-state index contributed by atoms with van der Waals surface area (Å²) >= 11 is 0. The average molecular weight is 236 g/mol. The molecule has 94 valence electrons. The molecule has 0 saturated heterocycles. The summed E-state index contributed by atoms with van der Waals surface area (Å²) in [7, 11) is 1.65. The summed E-state index contributed by atoms with van der Waals surface area (Å²) < 4.78 is 5.11. The maximum Gasteiger partial charge on any atom is 0.233 e. The van der Waals surface area contributed by atoms with E-state index >= 15 is 0 Å². The highest BCUT2D eigenvalue weighted by Crippen LogP contribution is 2.21. The maximum atomic E-state index is 11.0. The molecule has 1 unspecified atom stereocenters. The van der Waals surface area contributed by atoms with Crippen molar-refractivity contribution in [2.75, 3.05) is 20.2 Å². The highest BCUT2D eigenvalue weighted by atomic mass is 16.5. The molecule has 1 rings (SSSR count). The summed E-state index contributed by atoms with van der Waals surface area (Å²) in [5.74, 6) is 1.16. The van der Waals surface area contributed by atoms with Gasteiger partial charge in [0.2, 0.25) is 5.91 Å². The Kier molecular flexibility index (Phi) is 5.49. The molecule has 0 spiro atoms. The Hall–Kier alpha value is -1.55. The SMILES string of the molecule is COc1ccc(C(C)CCNC(=O)CN)cc1. The van der Waals surface area contributed by atoms with Crippen molar-refractivity contribution in [2.24, 2.45) is 5.73 Å². The second-order valence-electron chi connectivity index (χ2n) is 4.02. The number of benzene rings is 1. The zero-order valence-electron chi connectivity index (χ0n) is 10.4. The Labute approximate surface area is 102 Å². The van der Waals surface area contributed by atoms with Gasteiger partial charge in [0.05, 0.1) is 13.7 Å². The van der Waals surface area contributed by atoms with Crippen molar-refractivity contribution in [1.82, 2.24) is 5.32 Å². The van der Waals surface area contributed by atoms with Crippen LogP contribution in [0.15, 0.2) is 24.3 Å². The molecular weight excluding hydrogens is 216 g/mol. The van der Waals surface area contributed by atoms with Crippen LogP contribution in [0, 0.1) is 0 Å². The molecular formula is C13H20N2O2. The molecule has 0 fully saturated rings. The molecule has 0 saturated carbocycles. The zero-order chi connectivity index (χ0) is 12.7. The summed E-state index contributed by atoms with van der Waals surface area (Å²) in [5, 5.41) is 2.77. The number of carbonyl (C=O) groups is 1. The Morgan fingerprint density at radius 3 is 2.59 bits per heavy atom. The highest BCUT2D eigenvalue weighted by molar-refractivity contribution is 5.77. The van der Waals surface area contributed by atoms with Gasteiger partial charge in [0.25, 0.3) is 0 Å². The summed E-state index contributed by atoms with van der Waals surface area (Å²) in [6.07, 6.45) is 0.901. The first-order chi connectivity index (χ1) is 8.17. The third-order valence-electron chi connectivity index (χ3n) is 2.77. The van der Waals surface area contributed by atoms with Gasteiger partial charge < -0.3 is 15.8 Å². The second kappa shape index (κ2) is 6.91. The van der Waals surface area contributed by atoms with Crippen LogP contribution in [0.1, 0.15) is 24.8 Å². The van der Waals surface area contributed by atoms with E-state index in [1.54, 1.807) is 7.11 Å². The third kappa shape index (κ3) is 4.44. The van der Waals surface area contributed by atoms with Gasteiger partial charge >= 0.3 is 0 Å². The molecule has 0 aliphatic carbocycles. The molecule has 0 aromatic heterocycles. The minimum Gasteiger partial charge on any atom is -0.497 e. The van der Waals surface area contributed by atoms with Crippen molar-refractivity contribution in [3.8, 4) is 5.75 Å². The number of ether oxygens (including phenoxy) is 1. The van der Waals surface area contributed by atoms with Gasteiger partial charge in [-0.2, -0.15) is 0 Å². The van der Waals surface area contributed by atoms with Crippen LogP contribution in [-0.4, -0.2) is 26.1 Å². The lowest BCUT2D eigenvalue weighted by Gasteiger charge is -2.12. The maximum absolute atomic E-state index is 11.0. The van der Waals surface area contributed by atoms with Crippen LogP contribution in [0.2, 0.25) is 0 Å². The first kappa shape index (κ1) is 13.5. The molecule has 1 atom stereocenters. The van der Waals surface area contributed by atoms with E-state index in [-0.39, 0.29) is 12.5 Å². The number of amides is 1. The first-order valence-electron chi connectivity index (χ1n) is 5.78. The lowest BCUT2D eigenvalue weighted by Crippen LogP contribution is -2.31. The minimum absolute atomic E-state index is 0.0525. The van der Waals surface area contributed by atoms with Crippen molar-refractivity contribution < 1.29 is 9.53 Å². The molecule has 0 aliphatic rings. The fourth-order valence-electron chi connectivity index (χ4n) is 1.60. The minimum atomic E-state index is -0.105. The van der Waals surface area contributed by atoms with Crippen LogP contribution in [0.25, 0.3) is 0 Å². The molecule has 1 amide bonds. The van der Waals surface area contributed by atoms with Crippen LogP contribution in [-0.2, 0) is 4.79 Å². The standard InChI is InChI=1S/C13H20N2O2/c1-10(7-8-15-13(16)9-14)11-3-5-12(17-2)6-4-11/h3-6,10H,7-9,14H2,1-2H3,(H,15,16). The Balaban J connectivity index is 2.40. The van der Waals surface area contributed by atoms with Crippen molar-refractivity contribution in [3.05, 3.63) is 29.8 Å². The third-order valence-corrected chi connectivity index (χ3v) is 2.77. The summed E-state index contributed by atoms with van der Waals surface area (Å²) in [6, 6.07) is 8.00. The van der Waals surface area contributed by atoms with Gasteiger partial charge in [0.15, 0.2) is 0 Å². The zero-order valence-corrected chi connectivity index (χ0v) is 10.4. The second-order valence-corrected chi connectivity index (χ2v) is 4.02. The average Bonchev–Trinajstić information content (AvgIpc) is 2.38. The molecule has 17 heavy (non-hydrogen) atoms. The van der Waals surface area contributed by atoms with Crippen LogP contribution >= 0.6 is 0 Å². The van der Waals surface area contributed by atoms with Gasteiger partial charge in [-0.3, -0.25) is 4.79 Å². The van der Waals surface area contributed by atoms with Crippen molar-refractivity contribution in [1.29, 1.82) is 0 Å². The molecule has 1 aromatic carbocycles. The van der Waals surface area contributed by atoms with Crippen LogP contribution in [0.5, 0.6) is 5.75 Å². The Morgan fingerprint density at radius 2 is 2.06 bits per heavy atom. The van der Waals surface area contributed by atoms with Gasteiger partial charge in [0, 0.05) is 6.54 Å². The molecule has 0 bridgehead atoms. The number of rotatable bonds is 6. The van der Waals surface area contributed by atoms with E-state index in [1.165, 1.54) is 5.56 Å². The van der Waals surface area contributed by atoms with E-state index in [4.69, 9.17) is 10.5 Å². The Morgan fingerprint density at radius 1 is 1.41 bits per heavy atom. The van der Waals surface area contributed by atoms with Crippen LogP contribution < -0.4 is 15.8 Å². The molecule has 4 heteroatoms. The number of carbonyl (C=O) groups excluding carboxylic acids is 1. The smallest absolute Gasteiger partial charge is 0.233 e. The summed E-state index contributed by atoms with van der Waals surface area (Å²) in [6.45, 7) is 2.84. The summed E-state index contributed by atoms with van der Waals surface area (Å²) in [4.78, 5) is 11.0. The molecule has 0 heterocycles. The predicted molar refractivity (Wildman–Crippen MR) is 68.1 cm³/mol. The number of methoxy groups -OCH3 is 1. The predicted octanol–water partition coefficient (Wildman–Crippen LogP) is 1.26. The van der Waals surface area contributed by atoms with Gasteiger partial charge in [-0.15, -0.1) is 0 Å². The number of nitrogens with one attached hydrogen (secondary N) is 1. The van der Waals surface area contributed by atoms with Crippen molar-refractivity contribution >= 4 is 5.91 Å². The monoisotopic (exact) mass is 236 g/mol. The van der Waals surface area contributed by atoms with Crippen LogP contribution in [0.4, 0.5) is 0 Å². The topological polar surface area (TPSA) is 64.3 Å². The molecule has 0 aliphatic heterocycles. The Bertz CT molecular complexity index is 349. The molecule has 1 aromatic rings. The van der Waals surface area contributed by atoms with Crippen LogP contribution in [0.3, 0.4) is 0 Å². The van der Waals surface area contributed by atoms with Gasteiger partial charge in [-0.1, -0.05) is 19.1 Å². The van der Waals surface area contributed by atoms with Crippen molar-refractivity contribution in [3.63, 3.8) is 0 Å². The lowest BCUT2D eigenvalue weighted by atomic mass is 9.98. The largest absolute Gasteiger partial charge is 0.497 e. The first-order valence-corrected chi connectivity index (χ1v) is 5.78. The van der Waals surface area contributed by atoms with Gasteiger partial charge in [-0.25, -0.2) is 0 Å². The van der Waals surface area contributed by atoms with E-state index in [1.807, 2.05) is 24.3 Å². The van der Waals surface area contributed by atoms with E-state index in [0.717, 1.165) is 12.2 Å². The fourth-order valence-corrected chi connectivity index (χ4v) is 1.60. The van der Waals surface area contributed by atoms with E-state index in [2.05, 4.69) is 12.2 Å².